The topological polar surface area (TPSA) is 78.9 Å². The Hall–Kier alpha value is -3.67. The van der Waals surface area contributed by atoms with Crippen LogP contribution in [0.2, 0.25) is 0 Å². The molecule has 6 nitrogen and oxygen atoms in total. The van der Waals surface area contributed by atoms with Gasteiger partial charge in [-0.25, -0.2) is 14.4 Å². The first-order valence-electron chi connectivity index (χ1n) is 8.06. The Balaban J connectivity index is 1.89. The normalized spacial score (nSPS) is 9.78. The first kappa shape index (κ1) is 19.7. The largest absolute Gasteiger partial charge is 0.462 e. The number of carbonyl (C=O) groups excluding carboxylic acids is 3. The van der Waals surface area contributed by atoms with Crippen molar-refractivity contribution < 1.29 is 28.6 Å². The van der Waals surface area contributed by atoms with Gasteiger partial charge < -0.3 is 14.2 Å². The van der Waals surface area contributed by atoms with Gasteiger partial charge >= 0.3 is 17.9 Å². The van der Waals surface area contributed by atoms with Crippen molar-refractivity contribution in [3.05, 3.63) is 85.0 Å². The molecule has 2 aromatic carbocycles. The fourth-order valence-corrected chi connectivity index (χ4v) is 2.04. The van der Waals surface area contributed by atoms with Crippen LogP contribution in [0, 0.1) is 0 Å². The molecule has 6 heteroatoms. The maximum Gasteiger partial charge on any atom is 0.343 e. The molecule has 0 aliphatic carbocycles. The van der Waals surface area contributed by atoms with Crippen LogP contribution in [0.1, 0.15) is 15.9 Å². The zero-order valence-electron chi connectivity index (χ0n) is 14.6. The predicted molar refractivity (Wildman–Crippen MR) is 98.5 cm³/mol. The smallest absolute Gasteiger partial charge is 0.343 e. The molecular formula is C21H18O6. The summed E-state index contributed by atoms with van der Waals surface area (Å²) in [5.74, 6) is -0.897. The van der Waals surface area contributed by atoms with E-state index >= 15 is 0 Å². The van der Waals surface area contributed by atoms with E-state index in [-0.39, 0.29) is 6.61 Å². The maximum absolute atomic E-state index is 12.2. The Morgan fingerprint density at radius 1 is 0.778 bits per heavy atom. The molecule has 0 amide bonds. The van der Waals surface area contributed by atoms with Gasteiger partial charge in [-0.05, 0) is 42.0 Å². The van der Waals surface area contributed by atoms with E-state index in [0.717, 1.165) is 17.7 Å². The monoisotopic (exact) mass is 366 g/mol. The SMILES string of the molecule is C=CC(=O)OCCc1ccc(OC(=O)c2ccc(OC(=O)C=C)cc2)cc1. The van der Waals surface area contributed by atoms with Crippen LogP contribution >= 0.6 is 0 Å². The van der Waals surface area contributed by atoms with Gasteiger partial charge in [0.2, 0.25) is 0 Å². The molecule has 27 heavy (non-hydrogen) atoms. The van der Waals surface area contributed by atoms with Crippen molar-refractivity contribution in [3.8, 4) is 11.5 Å². The van der Waals surface area contributed by atoms with E-state index in [9.17, 15) is 14.4 Å². The Morgan fingerprint density at radius 3 is 1.93 bits per heavy atom. The third-order valence-corrected chi connectivity index (χ3v) is 3.41. The van der Waals surface area contributed by atoms with E-state index in [1.807, 2.05) is 0 Å². The summed E-state index contributed by atoms with van der Waals surface area (Å²) < 4.78 is 15.1. The Morgan fingerprint density at radius 2 is 1.33 bits per heavy atom. The minimum Gasteiger partial charge on any atom is -0.462 e. The quantitative estimate of drug-likeness (QED) is 0.405. The lowest BCUT2D eigenvalue weighted by molar-refractivity contribution is -0.137. The lowest BCUT2D eigenvalue weighted by atomic mass is 10.1. The van der Waals surface area contributed by atoms with Crippen LogP contribution in [-0.4, -0.2) is 24.5 Å². The number of carbonyl (C=O) groups is 3. The van der Waals surface area contributed by atoms with Gasteiger partial charge in [0.05, 0.1) is 12.2 Å². The van der Waals surface area contributed by atoms with E-state index < -0.39 is 17.9 Å². The molecule has 0 N–H and O–H groups in total. The lowest BCUT2D eigenvalue weighted by Crippen LogP contribution is -2.09. The molecule has 2 aromatic rings. The van der Waals surface area contributed by atoms with Gasteiger partial charge in [0.25, 0.3) is 0 Å². The summed E-state index contributed by atoms with van der Waals surface area (Å²) in [5.41, 5.74) is 1.24. The summed E-state index contributed by atoms with van der Waals surface area (Å²) in [6, 6.07) is 12.8. The van der Waals surface area contributed by atoms with Crippen molar-refractivity contribution in [1.29, 1.82) is 0 Å². The van der Waals surface area contributed by atoms with Crippen molar-refractivity contribution >= 4 is 17.9 Å². The molecule has 0 saturated carbocycles. The minimum absolute atomic E-state index is 0.243. The molecule has 0 aliphatic rings. The third kappa shape index (κ3) is 6.28. The van der Waals surface area contributed by atoms with Gasteiger partial charge in [-0.3, -0.25) is 0 Å². The van der Waals surface area contributed by atoms with Crippen LogP contribution in [0.15, 0.2) is 73.8 Å². The Kier molecular flexibility index (Phi) is 7.07. The first-order chi connectivity index (χ1) is 13.0. The highest BCUT2D eigenvalue weighted by Crippen LogP contribution is 2.17. The second-order valence-electron chi connectivity index (χ2n) is 5.30. The number of ether oxygens (including phenoxy) is 3. The highest BCUT2D eigenvalue weighted by atomic mass is 16.5. The number of benzene rings is 2. The third-order valence-electron chi connectivity index (χ3n) is 3.41. The van der Waals surface area contributed by atoms with E-state index in [0.29, 0.717) is 23.5 Å². The highest BCUT2D eigenvalue weighted by molar-refractivity contribution is 5.91. The van der Waals surface area contributed by atoms with Gasteiger partial charge in [-0.15, -0.1) is 0 Å². The fourth-order valence-electron chi connectivity index (χ4n) is 2.04. The molecular weight excluding hydrogens is 348 g/mol. The van der Waals surface area contributed by atoms with Crippen LogP contribution in [0.25, 0.3) is 0 Å². The zero-order valence-corrected chi connectivity index (χ0v) is 14.6. The van der Waals surface area contributed by atoms with Crippen molar-refractivity contribution in [2.45, 2.75) is 6.42 Å². The zero-order chi connectivity index (χ0) is 19.6. The van der Waals surface area contributed by atoms with Crippen LogP contribution in [-0.2, 0) is 20.7 Å². The molecule has 0 bridgehead atoms. The molecule has 0 aliphatic heterocycles. The number of esters is 3. The van der Waals surface area contributed by atoms with Gasteiger partial charge in [0.15, 0.2) is 0 Å². The Labute approximate surface area is 156 Å². The van der Waals surface area contributed by atoms with Crippen LogP contribution in [0.3, 0.4) is 0 Å². The summed E-state index contributed by atoms with van der Waals surface area (Å²) >= 11 is 0. The van der Waals surface area contributed by atoms with Crippen LogP contribution < -0.4 is 9.47 Å². The molecule has 0 aromatic heterocycles. The van der Waals surface area contributed by atoms with E-state index in [4.69, 9.17) is 14.2 Å². The summed E-state index contributed by atoms with van der Waals surface area (Å²) in [5, 5.41) is 0. The molecule has 2 rings (SSSR count). The first-order valence-corrected chi connectivity index (χ1v) is 8.06. The Bertz CT molecular complexity index is 834. The predicted octanol–water partition coefficient (Wildman–Crippen LogP) is 3.27. The van der Waals surface area contributed by atoms with Gasteiger partial charge in [-0.1, -0.05) is 25.3 Å². The molecule has 138 valence electrons. The highest BCUT2D eigenvalue weighted by Gasteiger charge is 2.09. The molecule has 0 unspecified atom stereocenters. The number of rotatable bonds is 8. The fraction of sp³-hybridized carbons (Fsp3) is 0.0952. The summed E-state index contributed by atoms with van der Waals surface area (Å²) in [6.45, 7) is 6.87. The minimum atomic E-state index is -0.579. The average molecular weight is 366 g/mol. The summed E-state index contributed by atoms with van der Waals surface area (Å²) in [6.07, 6.45) is 2.70. The summed E-state index contributed by atoms with van der Waals surface area (Å²) in [4.78, 5) is 34.3. The maximum atomic E-state index is 12.2. The number of hydrogen-bond donors (Lipinski definition) is 0. The lowest BCUT2D eigenvalue weighted by Gasteiger charge is -2.07. The average Bonchev–Trinajstić information content (AvgIpc) is 2.69. The molecule has 0 saturated heterocycles. The second-order valence-corrected chi connectivity index (χ2v) is 5.30. The van der Waals surface area contributed by atoms with Crippen molar-refractivity contribution in [2.75, 3.05) is 6.61 Å². The van der Waals surface area contributed by atoms with Crippen LogP contribution in [0.5, 0.6) is 11.5 Å². The standard InChI is InChI=1S/C21H18O6/c1-3-19(22)25-14-13-15-5-9-18(10-6-15)27-21(24)16-7-11-17(12-8-16)26-20(23)4-2/h3-12H,1-2,13-14H2. The van der Waals surface area contributed by atoms with Gasteiger partial charge in [0, 0.05) is 18.6 Å². The van der Waals surface area contributed by atoms with Crippen molar-refractivity contribution in [1.82, 2.24) is 0 Å². The van der Waals surface area contributed by atoms with Gasteiger partial charge in [0.1, 0.15) is 11.5 Å². The second kappa shape index (κ2) is 9.72. The van der Waals surface area contributed by atoms with E-state index in [2.05, 4.69) is 13.2 Å². The number of hydrogen-bond acceptors (Lipinski definition) is 6. The van der Waals surface area contributed by atoms with Crippen LogP contribution in [0.4, 0.5) is 0 Å². The summed E-state index contributed by atoms with van der Waals surface area (Å²) in [7, 11) is 0. The molecule has 0 atom stereocenters. The van der Waals surface area contributed by atoms with E-state index in [1.54, 1.807) is 24.3 Å². The molecule has 0 spiro atoms. The molecule has 0 heterocycles. The van der Waals surface area contributed by atoms with Crippen molar-refractivity contribution in [2.24, 2.45) is 0 Å². The van der Waals surface area contributed by atoms with E-state index in [1.165, 1.54) is 24.3 Å². The molecule has 0 fully saturated rings. The molecule has 0 radical (unpaired) electrons. The van der Waals surface area contributed by atoms with Crippen molar-refractivity contribution in [3.63, 3.8) is 0 Å². The van der Waals surface area contributed by atoms with Gasteiger partial charge in [-0.2, -0.15) is 0 Å².